The maximum absolute atomic E-state index is 13.1. The zero-order valence-corrected chi connectivity index (χ0v) is 21.3. The number of phenolic OH excluding ortho intramolecular Hbond substituents is 1. The number of nitro benzene ring substituents is 1. The largest absolute Gasteiger partial charge is 0.508 e. The second kappa shape index (κ2) is 10.7. The highest BCUT2D eigenvalue weighted by Crippen LogP contribution is 2.35. The highest BCUT2D eigenvalue weighted by atomic mass is 127. The average molecular weight is 615 g/mol. The van der Waals surface area contributed by atoms with Crippen molar-refractivity contribution in [2.45, 2.75) is 6.61 Å². The minimum atomic E-state index is -0.903. The fourth-order valence-corrected chi connectivity index (χ4v) is 4.27. The number of phenols is 1. The molecule has 2 N–H and O–H groups in total. The Morgan fingerprint density at radius 1 is 1.08 bits per heavy atom. The van der Waals surface area contributed by atoms with Crippen molar-refractivity contribution in [3.63, 3.8) is 0 Å². The summed E-state index contributed by atoms with van der Waals surface area (Å²) in [5, 5.41) is 22.5. The molecule has 4 rings (SSSR count). The van der Waals surface area contributed by atoms with Gasteiger partial charge in [-0.05, 0) is 88.3 Å². The van der Waals surface area contributed by atoms with Crippen LogP contribution in [0.15, 0.2) is 66.2 Å². The normalized spacial score (nSPS) is 14.5. The van der Waals surface area contributed by atoms with Crippen LogP contribution in [0.25, 0.3) is 6.08 Å². The van der Waals surface area contributed by atoms with Crippen LogP contribution in [0.4, 0.5) is 16.2 Å². The molecule has 1 heterocycles. The number of anilines is 1. The zero-order valence-electron chi connectivity index (χ0n) is 19.1. The molecule has 37 heavy (non-hydrogen) atoms. The fourth-order valence-electron chi connectivity index (χ4n) is 3.49. The Labute approximate surface area is 223 Å². The molecule has 3 aromatic rings. The Hall–Kier alpha value is -4.46. The van der Waals surface area contributed by atoms with Crippen LogP contribution in [-0.4, -0.2) is 35.0 Å². The number of hydrogen-bond donors (Lipinski definition) is 2. The minimum Gasteiger partial charge on any atom is -0.508 e. The van der Waals surface area contributed by atoms with E-state index in [4.69, 9.17) is 9.47 Å². The maximum Gasteiger partial charge on any atom is 0.335 e. The number of carbonyl (C=O) groups excluding carboxylic acids is 3. The number of nitrogens with zero attached hydrogens (tertiary/aromatic N) is 2. The Kier molecular flexibility index (Phi) is 7.38. The second-order valence-corrected chi connectivity index (χ2v) is 8.88. The van der Waals surface area contributed by atoms with E-state index in [0.29, 0.717) is 26.2 Å². The molecule has 4 amide bonds. The van der Waals surface area contributed by atoms with E-state index in [-0.39, 0.29) is 29.3 Å². The van der Waals surface area contributed by atoms with Gasteiger partial charge in [-0.3, -0.25) is 25.0 Å². The number of benzene rings is 3. The van der Waals surface area contributed by atoms with Gasteiger partial charge in [-0.15, -0.1) is 0 Å². The first-order chi connectivity index (χ1) is 17.7. The molecule has 0 aliphatic carbocycles. The molecular weight excluding hydrogens is 597 g/mol. The zero-order chi connectivity index (χ0) is 26.7. The number of hydrogen-bond acceptors (Lipinski definition) is 8. The number of aromatic hydroxyl groups is 1. The van der Waals surface area contributed by atoms with E-state index in [9.17, 15) is 29.6 Å². The second-order valence-electron chi connectivity index (χ2n) is 7.72. The van der Waals surface area contributed by atoms with Crippen molar-refractivity contribution in [3.8, 4) is 17.2 Å². The van der Waals surface area contributed by atoms with Crippen LogP contribution in [0.3, 0.4) is 0 Å². The third kappa shape index (κ3) is 5.53. The van der Waals surface area contributed by atoms with E-state index in [1.165, 1.54) is 49.6 Å². The highest BCUT2D eigenvalue weighted by Gasteiger charge is 2.36. The van der Waals surface area contributed by atoms with Crippen LogP contribution in [0.5, 0.6) is 17.2 Å². The van der Waals surface area contributed by atoms with E-state index in [0.717, 1.165) is 4.90 Å². The molecule has 1 aliphatic rings. The van der Waals surface area contributed by atoms with Gasteiger partial charge in [-0.2, -0.15) is 0 Å². The number of imide groups is 2. The third-order valence-corrected chi connectivity index (χ3v) is 6.10. The van der Waals surface area contributed by atoms with Gasteiger partial charge < -0.3 is 14.6 Å². The Bertz CT molecular complexity index is 1440. The van der Waals surface area contributed by atoms with Gasteiger partial charge in [0.1, 0.15) is 17.9 Å². The lowest BCUT2D eigenvalue weighted by molar-refractivity contribution is -0.384. The van der Waals surface area contributed by atoms with E-state index in [2.05, 4.69) is 5.32 Å². The van der Waals surface area contributed by atoms with Gasteiger partial charge >= 0.3 is 6.03 Å². The molecule has 1 fully saturated rings. The van der Waals surface area contributed by atoms with Crippen LogP contribution in [0.1, 0.15) is 11.1 Å². The molecule has 0 radical (unpaired) electrons. The van der Waals surface area contributed by atoms with Gasteiger partial charge in [0.2, 0.25) is 0 Å². The van der Waals surface area contributed by atoms with E-state index in [1.54, 1.807) is 24.3 Å². The Morgan fingerprint density at radius 2 is 1.76 bits per heavy atom. The average Bonchev–Trinajstić information content (AvgIpc) is 2.87. The number of carbonyl (C=O) groups is 3. The van der Waals surface area contributed by atoms with Gasteiger partial charge in [0.25, 0.3) is 17.5 Å². The highest BCUT2D eigenvalue weighted by molar-refractivity contribution is 14.1. The molecule has 12 heteroatoms. The number of non-ortho nitro benzene ring substituents is 1. The fraction of sp³-hybridized carbons (Fsp3) is 0.0800. The van der Waals surface area contributed by atoms with Crippen molar-refractivity contribution in [1.82, 2.24) is 5.32 Å². The molecule has 0 saturated carbocycles. The lowest BCUT2D eigenvalue weighted by Crippen LogP contribution is -2.54. The van der Waals surface area contributed by atoms with Crippen molar-refractivity contribution in [2.24, 2.45) is 0 Å². The topological polar surface area (TPSA) is 148 Å². The lowest BCUT2D eigenvalue weighted by Gasteiger charge is -2.26. The summed E-state index contributed by atoms with van der Waals surface area (Å²) in [5.74, 6) is -0.984. The number of ether oxygens (including phenoxy) is 2. The summed E-state index contributed by atoms with van der Waals surface area (Å²) >= 11 is 2.02. The number of methoxy groups -OCH3 is 1. The van der Waals surface area contributed by atoms with Crippen LogP contribution < -0.4 is 19.7 Å². The summed E-state index contributed by atoms with van der Waals surface area (Å²) in [6.07, 6.45) is 1.34. The molecule has 0 atom stereocenters. The molecular formula is C25H18IN3O8. The minimum absolute atomic E-state index is 0.0275. The van der Waals surface area contributed by atoms with Gasteiger partial charge in [0.15, 0.2) is 11.5 Å². The third-order valence-electron chi connectivity index (χ3n) is 5.30. The van der Waals surface area contributed by atoms with Crippen molar-refractivity contribution < 1.29 is 33.9 Å². The van der Waals surface area contributed by atoms with Crippen LogP contribution in [0.2, 0.25) is 0 Å². The quantitative estimate of drug-likeness (QED) is 0.132. The first-order valence-corrected chi connectivity index (χ1v) is 11.7. The lowest BCUT2D eigenvalue weighted by atomic mass is 10.1. The van der Waals surface area contributed by atoms with Crippen molar-refractivity contribution in [2.75, 3.05) is 12.0 Å². The van der Waals surface area contributed by atoms with E-state index in [1.807, 2.05) is 22.6 Å². The van der Waals surface area contributed by atoms with Gasteiger partial charge in [0.05, 0.1) is 21.3 Å². The summed E-state index contributed by atoms with van der Waals surface area (Å²) < 4.78 is 11.9. The summed E-state index contributed by atoms with van der Waals surface area (Å²) in [4.78, 5) is 49.1. The smallest absolute Gasteiger partial charge is 0.335 e. The predicted octanol–water partition coefficient (Wildman–Crippen LogP) is 4.16. The first-order valence-electron chi connectivity index (χ1n) is 10.6. The Morgan fingerprint density at radius 3 is 2.38 bits per heavy atom. The SMILES string of the molecule is COc1cc(C=C2C(=O)NC(=O)N(c3ccc(O)cc3)C2=O)cc(I)c1OCc1ccc([N+](=O)[O-])cc1. The van der Waals surface area contributed by atoms with E-state index < -0.39 is 22.8 Å². The van der Waals surface area contributed by atoms with Gasteiger partial charge in [-0.25, -0.2) is 9.69 Å². The molecule has 0 bridgehead atoms. The number of amides is 4. The van der Waals surface area contributed by atoms with Crippen LogP contribution in [0, 0.1) is 13.7 Å². The molecule has 0 aromatic heterocycles. The predicted molar refractivity (Wildman–Crippen MR) is 140 cm³/mol. The van der Waals surface area contributed by atoms with Crippen molar-refractivity contribution in [3.05, 3.63) is 91.0 Å². The summed E-state index contributed by atoms with van der Waals surface area (Å²) in [6, 6.07) is 13.7. The number of urea groups is 1. The Balaban J connectivity index is 1.60. The number of nitrogens with one attached hydrogen (secondary N) is 1. The maximum atomic E-state index is 13.1. The number of nitro groups is 1. The monoisotopic (exact) mass is 615 g/mol. The summed E-state index contributed by atoms with van der Waals surface area (Å²) in [6.45, 7) is 0.120. The molecule has 1 aliphatic heterocycles. The number of halogens is 1. The van der Waals surface area contributed by atoms with Crippen LogP contribution >= 0.6 is 22.6 Å². The van der Waals surface area contributed by atoms with Crippen molar-refractivity contribution in [1.29, 1.82) is 0 Å². The van der Waals surface area contributed by atoms with Gasteiger partial charge in [-0.1, -0.05) is 0 Å². The van der Waals surface area contributed by atoms with Crippen LogP contribution in [-0.2, 0) is 16.2 Å². The van der Waals surface area contributed by atoms with Crippen molar-refractivity contribution >= 4 is 57.9 Å². The summed E-state index contributed by atoms with van der Waals surface area (Å²) in [5.41, 5.74) is 1.03. The first kappa shape index (κ1) is 25.6. The molecule has 3 aromatic carbocycles. The number of rotatable bonds is 7. The molecule has 188 valence electrons. The standard InChI is InChI=1S/C25H18IN3O8/c1-36-21-12-15(11-20(26)22(21)37-13-14-2-4-17(5-3-14)29(34)35)10-19-23(31)27-25(33)28(24(19)32)16-6-8-18(30)9-7-16/h2-12,30H,13H2,1H3,(H,27,31,33). The van der Waals surface area contributed by atoms with Gasteiger partial charge in [0, 0.05) is 12.1 Å². The van der Waals surface area contributed by atoms with E-state index >= 15 is 0 Å². The summed E-state index contributed by atoms with van der Waals surface area (Å²) in [7, 11) is 1.44. The molecule has 1 saturated heterocycles. The number of barbiturate groups is 1. The molecule has 11 nitrogen and oxygen atoms in total. The molecule has 0 unspecified atom stereocenters. The molecule has 0 spiro atoms.